The van der Waals surface area contributed by atoms with Crippen molar-refractivity contribution in [3.05, 3.63) is 35.1 Å². The number of hydrogen-bond donors (Lipinski definition) is 1. The lowest BCUT2D eigenvalue weighted by Crippen LogP contribution is -2.27. The highest BCUT2D eigenvalue weighted by Crippen LogP contribution is 2.13. The maximum absolute atomic E-state index is 12.8. The molecule has 0 aliphatic heterocycles. The minimum absolute atomic E-state index is 0.204. The van der Waals surface area contributed by atoms with E-state index in [1.54, 1.807) is 0 Å². The van der Waals surface area contributed by atoms with Crippen LogP contribution in [0.1, 0.15) is 10.4 Å². The lowest BCUT2D eigenvalue weighted by atomic mass is 10.2. The summed E-state index contributed by atoms with van der Waals surface area (Å²) in [5.74, 6) is -5.06. The fourth-order valence-electron chi connectivity index (χ4n) is 1.06. The molecule has 1 rings (SSSR count). The van der Waals surface area contributed by atoms with Crippen LogP contribution in [-0.2, 0) is 4.74 Å². The Morgan fingerprint density at radius 1 is 1.31 bits per heavy atom. The molecule has 0 spiro atoms. The Morgan fingerprint density at radius 3 is 2.38 bits per heavy atom. The summed E-state index contributed by atoms with van der Waals surface area (Å²) in [6, 6.07) is 1.28. The predicted octanol–water partition coefficient (Wildman–Crippen LogP) is 1.48. The zero-order valence-electron chi connectivity index (χ0n) is 8.52. The van der Waals surface area contributed by atoms with Crippen LogP contribution in [0.3, 0.4) is 0 Å². The molecule has 0 atom stereocenters. The highest BCUT2D eigenvalue weighted by Gasteiger charge is 2.14. The molecule has 0 fully saturated rings. The monoisotopic (exact) mass is 233 g/mol. The Labute approximate surface area is 90.2 Å². The summed E-state index contributed by atoms with van der Waals surface area (Å²) in [4.78, 5) is 11.3. The molecule has 0 saturated carbocycles. The molecule has 1 amide bonds. The first-order chi connectivity index (χ1) is 7.56. The van der Waals surface area contributed by atoms with Gasteiger partial charge in [-0.05, 0) is 12.1 Å². The zero-order chi connectivity index (χ0) is 12.1. The SMILES string of the molecule is COCCNC(=O)c1cc(F)c(F)c(F)c1. The smallest absolute Gasteiger partial charge is 0.251 e. The molecule has 0 saturated heterocycles. The second-order valence-electron chi connectivity index (χ2n) is 3.00. The normalized spacial score (nSPS) is 10.2. The highest BCUT2D eigenvalue weighted by molar-refractivity contribution is 5.94. The molecular weight excluding hydrogens is 223 g/mol. The van der Waals surface area contributed by atoms with E-state index in [-0.39, 0.29) is 18.7 Å². The van der Waals surface area contributed by atoms with Gasteiger partial charge < -0.3 is 10.1 Å². The number of methoxy groups -OCH3 is 1. The second kappa shape index (κ2) is 5.50. The Hall–Kier alpha value is -1.56. The number of ether oxygens (including phenoxy) is 1. The molecule has 1 aromatic rings. The van der Waals surface area contributed by atoms with Gasteiger partial charge in [0.25, 0.3) is 5.91 Å². The molecule has 0 radical (unpaired) electrons. The van der Waals surface area contributed by atoms with Crippen molar-refractivity contribution in [1.29, 1.82) is 0 Å². The molecule has 0 bridgehead atoms. The fourth-order valence-corrected chi connectivity index (χ4v) is 1.06. The minimum atomic E-state index is -1.59. The van der Waals surface area contributed by atoms with Crippen molar-refractivity contribution < 1.29 is 22.7 Å². The fraction of sp³-hybridized carbons (Fsp3) is 0.300. The number of nitrogens with one attached hydrogen (secondary N) is 1. The summed E-state index contributed by atoms with van der Waals surface area (Å²) in [6.45, 7) is 0.480. The maximum atomic E-state index is 12.8. The number of carbonyl (C=O) groups is 1. The number of hydrogen-bond acceptors (Lipinski definition) is 2. The van der Waals surface area contributed by atoms with Crippen LogP contribution < -0.4 is 5.32 Å². The lowest BCUT2D eigenvalue weighted by Gasteiger charge is -2.05. The predicted molar refractivity (Wildman–Crippen MR) is 50.5 cm³/mol. The van der Waals surface area contributed by atoms with Crippen LogP contribution in [-0.4, -0.2) is 26.2 Å². The van der Waals surface area contributed by atoms with Crippen molar-refractivity contribution in [2.24, 2.45) is 0 Å². The van der Waals surface area contributed by atoms with Crippen LogP contribution in [0.25, 0.3) is 0 Å². The van der Waals surface area contributed by atoms with E-state index in [2.05, 4.69) is 10.1 Å². The van der Waals surface area contributed by atoms with E-state index in [1.807, 2.05) is 0 Å². The lowest BCUT2D eigenvalue weighted by molar-refractivity contribution is 0.0936. The summed E-state index contributed by atoms with van der Waals surface area (Å²) in [5, 5.41) is 2.35. The summed E-state index contributed by atoms with van der Waals surface area (Å²) in [5.41, 5.74) is -0.271. The van der Waals surface area contributed by atoms with Crippen LogP contribution >= 0.6 is 0 Å². The number of amides is 1. The molecule has 3 nitrogen and oxygen atoms in total. The quantitative estimate of drug-likeness (QED) is 0.632. The van der Waals surface area contributed by atoms with Crippen LogP contribution in [0, 0.1) is 17.5 Å². The third-order valence-corrected chi connectivity index (χ3v) is 1.84. The first kappa shape index (κ1) is 12.5. The van der Waals surface area contributed by atoms with Crippen LogP contribution in [0.5, 0.6) is 0 Å². The van der Waals surface area contributed by atoms with Gasteiger partial charge in [0.15, 0.2) is 17.5 Å². The largest absolute Gasteiger partial charge is 0.383 e. The number of rotatable bonds is 4. The number of benzene rings is 1. The Balaban J connectivity index is 2.76. The highest BCUT2D eigenvalue weighted by atomic mass is 19.2. The third-order valence-electron chi connectivity index (χ3n) is 1.84. The van der Waals surface area contributed by atoms with Crippen molar-refractivity contribution in [2.75, 3.05) is 20.3 Å². The van der Waals surface area contributed by atoms with E-state index < -0.39 is 23.4 Å². The second-order valence-corrected chi connectivity index (χ2v) is 3.00. The molecule has 0 aliphatic carbocycles. The first-order valence-electron chi connectivity index (χ1n) is 4.48. The molecular formula is C10H10F3NO2. The van der Waals surface area contributed by atoms with Gasteiger partial charge in [-0.25, -0.2) is 13.2 Å². The van der Waals surface area contributed by atoms with Crippen LogP contribution in [0.15, 0.2) is 12.1 Å². The van der Waals surface area contributed by atoms with E-state index in [9.17, 15) is 18.0 Å². The van der Waals surface area contributed by atoms with Gasteiger partial charge in [-0.1, -0.05) is 0 Å². The summed E-state index contributed by atoms with van der Waals surface area (Å²) < 4.78 is 42.8. The van der Waals surface area contributed by atoms with Crippen molar-refractivity contribution in [3.63, 3.8) is 0 Å². The summed E-state index contributed by atoms with van der Waals surface area (Å²) >= 11 is 0. The topological polar surface area (TPSA) is 38.3 Å². The zero-order valence-corrected chi connectivity index (χ0v) is 8.52. The van der Waals surface area contributed by atoms with Crippen LogP contribution in [0.2, 0.25) is 0 Å². The van der Waals surface area contributed by atoms with Gasteiger partial charge in [0, 0.05) is 19.2 Å². The summed E-state index contributed by atoms with van der Waals surface area (Å²) in [6.07, 6.45) is 0. The number of carbonyl (C=O) groups excluding carboxylic acids is 1. The van der Waals surface area contributed by atoms with Crippen LogP contribution in [0.4, 0.5) is 13.2 Å². The Bertz CT molecular complexity index is 373. The molecule has 0 unspecified atom stereocenters. The first-order valence-corrected chi connectivity index (χ1v) is 4.48. The Morgan fingerprint density at radius 2 is 1.88 bits per heavy atom. The van der Waals surface area contributed by atoms with Gasteiger partial charge in [0.1, 0.15) is 0 Å². The molecule has 0 aromatic heterocycles. The van der Waals surface area contributed by atoms with Gasteiger partial charge >= 0.3 is 0 Å². The van der Waals surface area contributed by atoms with E-state index in [0.29, 0.717) is 12.1 Å². The van der Waals surface area contributed by atoms with E-state index in [0.717, 1.165) is 0 Å². The molecule has 6 heteroatoms. The van der Waals surface area contributed by atoms with Gasteiger partial charge in [-0.2, -0.15) is 0 Å². The molecule has 0 aliphatic rings. The van der Waals surface area contributed by atoms with Crippen molar-refractivity contribution in [1.82, 2.24) is 5.32 Å². The molecule has 88 valence electrons. The van der Waals surface area contributed by atoms with E-state index >= 15 is 0 Å². The average molecular weight is 233 g/mol. The minimum Gasteiger partial charge on any atom is -0.383 e. The van der Waals surface area contributed by atoms with E-state index in [1.165, 1.54) is 7.11 Å². The van der Waals surface area contributed by atoms with Gasteiger partial charge in [-0.15, -0.1) is 0 Å². The third kappa shape index (κ3) is 2.96. The molecule has 16 heavy (non-hydrogen) atoms. The average Bonchev–Trinajstić information content (AvgIpc) is 2.25. The van der Waals surface area contributed by atoms with Gasteiger partial charge in [0.05, 0.1) is 6.61 Å². The molecule has 1 aromatic carbocycles. The molecule has 0 heterocycles. The van der Waals surface area contributed by atoms with Gasteiger partial charge in [-0.3, -0.25) is 4.79 Å². The Kier molecular flexibility index (Phi) is 4.30. The molecule has 1 N–H and O–H groups in total. The van der Waals surface area contributed by atoms with Crippen molar-refractivity contribution >= 4 is 5.91 Å². The number of halogens is 3. The standard InChI is InChI=1S/C10H10F3NO2/c1-16-3-2-14-10(15)6-4-7(11)9(13)8(12)5-6/h4-5H,2-3H2,1H3,(H,14,15). The van der Waals surface area contributed by atoms with Crippen molar-refractivity contribution in [2.45, 2.75) is 0 Å². The summed E-state index contributed by atoms with van der Waals surface area (Å²) in [7, 11) is 1.45. The van der Waals surface area contributed by atoms with E-state index in [4.69, 9.17) is 0 Å². The van der Waals surface area contributed by atoms with Crippen molar-refractivity contribution in [3.8, 4) is 0 Å². The van der Waals surface area contributed by atoms with Gasteiger partial charge in [0.2, 0.25) is 0 Å². The maximum Gasteiger partial charge on any atom is 0.251 e.